The van der Waals surface area contributed by atoms with Crippen molar-refractivity contribution in [3.8, 4) is 5.75 Å². The van der Waals surface area contributed by atoms with Crippen LogP contribution >= 0.6 is 11.8 Å². The standard InChI is InChI=1S/C22H25NOS/c24-20-14-18-15(13-21(20)25-16-6-2-1-3-7-16)12-19-17-8-4-5-9-22(17,18)10-11-23-19/h1-3,6-7,13-14,17,19,23-24H,4-5,8-12H2/t17-,19+,22+/m1/s1. The molecule has 2 aromatic carbocycles. The number of phenolic OH excluding ortho intramolecular Hbond substituents is 1. The molecular weight excluding hydrogens is 326 g/mol. The fourth-order valence-electron chi connectivity index (χ4n) is 5.65. The van der Waals surface area contributed by atoms with Gasteiger partial charge in [0.15, 0.2) is 0 Å². The van der Waals surface area contributed by atoms with Crippen molar-refractivity contribution in [1.29, 1.82) is 0 Å². The van der Waals surface area contributed by atoms with Gasteiger partial charge < -0.3 is 10.4 Å². The van der Waals surface area contributed by atoms with E-state index in [1.807, 2.05) is 6.07 Å². The Morgan fingerprint density at radius 1 is 1.08 bits per heavy atom. The number of nitrogens with one attached hydrogen (secondary N) is 1. The summed E-state index contributed by atoms with van der Waals surface area (Å²) in [6.07, 6.45) is 7.69. The zero-order valence-corrected chi connectivity index (χ0v) is 15.3. The predicted molar refractivity (Wildman–Crippen MR) is 102 cm³/mol. The third kappa shape index (κ3) is 2.51. The molecule has 3 atom stereocenters. The van der Waals surface area contributed by atoms with Crippen LogP contribution in [0.4, 0.5) is 0 Å². The summed E-state index contributed by atoms with van der Waals surface area (Å²) in [5.74, 6) is 1.22. The molecule has 0 unspecified atom stereocenters. The minimum atomic E-state index is 0.315. The molecule has 5 rings (SSSR count). The fourth-order valence-corrected chi connectivity index (χ4v) is 6.56. The maximum absolute atomic E-state index is 10.8. The highest BCUT2D eigenvalue weighted by molar-refractivity contribution is 7.99. The summed E-state index contributed by atoms with van der Waals surface area (Å²) in [6, 6.07) is 15.4. The SMILES string of the molecule is Oc1cc2c(cc1Sc1ccccc1)C[C@@H]1NCC[C@]23CCCC[C@H]13. The molecule has 2 nitrogen and oxygen atoms in total. The Labute approximate surface area is 154 Å². The lowest BCUT2D eigenvalue weighted by molar-refractivity contribution is 0.0794. The van der Waals surface area contributed by atoms with E-state index in [9.17, 15) is 5.11 Å². The number of hydrogen-bond acceptors (Lipinski definition) is 3. The summed E-state index contributed by atoms with van der Waals surface area (Å²) in [4.78, 5) is 2.18. The van der Waals surface area contributed by atoms with E-state index in [-0.39, 0.29) is 0 Å². The summed E-state index contributed by atoms with van der Waals surface area (Å²) in [5.41, 5.74) is 3.24. The van der Waals surface area contributed by atoms with Gasteiger partial charge in [0, 0.05) is 16.4 Å². The van der Waals surface area contributed by atoms with Crippen LogP contribution in [0.3, 0.4) is 0 Å². The maximum atomic E-state index is 10.8. The lowest BCUT2D eigenvalue weighted by atomic mass is 9.53. The van der Waals surface area contributed by atoms with Crippen LogP contribution in [0.15, 0.2) is 52.3 Å². The monoisotopic (exact) mass is 351 g/mol. The Hall–Kier alpha value is -1.45. The number of benzene rings is 2. The van der Waals surface area contributed by atoms with Crippen molar-refractivity contribution in [3.05, 3.63) is 53.6 Å². The average Bonchev–Trinajstić information content (AvgIpc) is 2.64. The molecule has 0 radical (unpaired) electrons. The minimum Gasteiger partial charge on any atom is -0.507 e. The number of rotatable bonds is 2. The third-order valence-corrected chi connectivity index (χ3v) is 7.75. The van der Waals surface area contributed by atoms with Crippen LogP contribution in [0.5, 0.6) is 5.75 Å². The van der Waals surface area contributed by atoms with Gasteiger partial charge in [-0.05, 0) is 73.5 Å². The third-order valence-electron chi connectivity index (χ3n) is 6.69. The second kappa shape index (κ2) is 6.07. The molecule has 0 spiro atoms. The molecular formula is C22H25NOS. The molecule has 2 fully saturated rings. The summed E-state index contributed by atoms with van der Waals surface area (Å²) in [7, 11) is 0. The lowest BCUT2D eigenvalue weighted by Crippen LogP contribution is -2.59. The summed E-state index contributed by atoms with van der Waals surface area (Å²) in [6.45, 7) is 1.13. The van der Waals surface area contributed by atoms with Crippen LogP contribution in [0, 0.1) is 5.92 Å². The van der Waals surface area contributed by atoms with Gasteiger partial charge in [0.25, 0.3) is 0 Å². The second-order valence-electron chi connectivity index (χ2n) is 7.92. The molecule has 2 bridgehead atoms. The first-order chi connectivity index (χ1) is 12.3. The Morgan fingerprint density at radius 2 is 1.96 bits per heavy atom. The fraction of sp³-hybridized carbons (Fsp3) is 0.455. The zero-order chi connectivity index (χ0) is 16.9. The molecule has 3 heteroatoms. The molecule has 3 aliphatic rings. The number of fused-ring (bicyclic) bond motifs is 1. The highest BCUT2D eigenvalue weighted by Gasteiger charge is 2.51. The predicted octanol–water partition coefficient (Wildman–Crippen LogP) is 4.89. The van der Waals surface area contributed by atoms with Gasteiger partial charge in [0.2, 0.25) is 0 Å². The van der Waals surface area contributed by atoms with Crippen LogP contribution in [0.2, 0.25) is 0 Å². The van der Waals surface area contributed by atoms with Crippen molar-refractivity contribution in [2.24, 2.45) is 5.92 Å². The van der Waals surface area contributed by atoms with Crippen molar-refractivity contribution >= 4 is 11.8 Å². The van der Waals surface area contributed by atoms with E-state index in [4.69, 9.17) is 0 Å². The van der Waals surface area contributed by atoms with Crippen LogP contribution in [-0.4, -0.2) is 17.7 Å². The Balaban J connectivity index is 1.57. The van der Waals surface area contributed by atoms with Gasteiger partial charge in [-0.25, -0.2) is 0 Å². The van der Waals surface area contributed by atoms with E-state index < -0.39 is 0 Å². The minimum absolute atomic E-state index is 0.315. The zero-order valence-electron chi connectivity index (χ0n) is 14.5. The number of hydrogen-bond donors (Lipinski definition) is 2. The van der Waals surface area contributed by atoms with Crippen LogP contribution in [-0.2, 0) is 11.8 Å². The molecule has 2 aromatic rings. The molecule has 1 saturated carbocycles. The Morgan fingerprint density at radius 3 is 2.84 bits per heavy atom. The molecule has 130 valence electrons. The quantitative estimate of drug-likeness (QED) is 0.808. The first kappa shape index (κ1) is 15.8. The molecule has 1 aliphatic heterocycles. The topological polar surface area (TPSA) is 32.3 Å². The van der Waals surface area contributed by atoms with Crippen molar-refractivity contribution in [1.82, 2.24) is 5.32 Å². The highest BCUT2D eigenvalue weighted by atomic mass is 32.2. The Kier molecular flexibility index (Phi) is 3.83. The van der Waals surface area contributed by atoms with Crippen molar-refractivity contribution in [3.63, 3.8) is 0 Å². The van der Waals surface area contributed by atoms with Gasteiger partial charge in [-0.2, -0.15) is 0 Å². The van der Waals surface area contributed by atoms with Gasteiger partial charge in [-0.3, -0.25) is 0 Å². The van der Waals surface area contributed by atoms with E-state index in [0.29, 0.717) is 17.2 Å². The van der Waals surface area contributed by atoms with Gasteiger partial charge >= 0.3 is 0 Å². The molecule has 0 amide bonds. The largest absolute Gasteiger partial charge is 0.507 e. The van der Waals surface area contributed by atoms with Crippen LogP contribution in [0.25, 0.3) is 0 Å². The first-order valence-electron chi connectivity index (χ1n) is 9.59. The van der Waals surface area contributed by atoms with Gasteiger partial charge in [-0.1, -0.05) is 42.8 Å². The highest BCUT2D eigenvalue weighted by Crippen LogP contribution is 2.55. The van der Waals surface area contributed by atoms with Crippen LogP contribution in [0.1, 0.15) is 43.2 Å². The van der Waals surface area contributed by atoms with E-state index in [1.165, 1.54) is 48.1 Å². The molecule has 2 N–H and O–H groups in total. The maximum Gasteiger partial charge on any atom is 0.129 e. The molecule has 2 aliphatic carbocycles. The number of aromatic hydroxyl groups is 1. The molecule has 1 heterocycles. The Bertz CT molecular complexity index is 786. The number of piperidine rings is 1. The smallest absolute Gasteiger partial charge is 0.129 e. The average molecular weight is 352 g/mol. The van der Waals surface area contributed by atoms with E-state index in [1.54, 1.807) is 11.8 Å². The summed E-state index contributed by atoms with van der Waals surface area (Å²) in [5, 5.41) is 14.6. The van der Waals surface area contributed by atoms with Crippen molar-refractivity contribution < 1.29 is 5.11 Å². The molecule has 25 heavy (non-hydrogen) atoms. The van der Waals surface area contributed by atoms with E-state index in [0.717, 1.165) is 23.8 Å². The number of phenols is 1. The van der Waals surface area contributed by atoms with E-state index in [2.05, 4.69) is 41.7 Å². The summed E-state index contributed by atoms with van der Waals surface area (Å²) >= 11 is 1.67. The first-order valence-corrected chi connectivity index (χ1v) is 10.4. The second-order valence-corrected chi connectivity index (χ2v) is 9.03. The van der Waals surface area contributed by atoms with Crippen molar-refractivity contribution in [2.45, 2.75) is 59.8 Å². The van der Waals surface area contributed by atoms with E-state index >= 15 is 0 Å². The van der Waals surface area contributed by atoms with Gasteiger partial charge in [0.05, 0.1) is 4.90 Å². The summed E-state index contributed by atoms with van der Waals surface area (Å²) < 4.78 is 0. The van der Waals surface area contributed by atoms with Gasteiger partial charge in [-0.15, -0.1) is 0 Å². The normalized spacial score (nSPS) is 30.4. The van der Waals surface area contributed by atoms with Crippen molar-refractivity contribution in [2.75, 3.05) is 6.54 Å². The van der Waals surface area contributed by atoms with Crippen LogP contribution < -0.4 is 5.32 Å². The lowest BCUT2D eigenvalue weighted by Gasteiger charge is -2.56. The molecule has 0 aromatic heterocycles. The van der Waals surface area contributed by atoms with Gasteiger partial charge in [0.1, 0.15) is 5.75 Å². The molecule has 1 saturated heterocycles.